The number of rotatable bonds is 9. The molecule has 0 aromatic carbocycles. The van der Waals surface area contributed by atoms with Crippen LogP contribution in [0.1, 0.15) is 13.3 Å². The Morgan fingerprint density at radius 3 is 2.41 bits per heavy atom. The molecule has 5 nitrogen and oxygen atoms in total. The molecular weight excluding hydrogens is 220 g/mol. The van der Waals surface area contributed by atoms with E-state index in [0.717, 1.165) is 13.0 Å². The quantitative estimate of drug-likeness (QED) is 0.662. The van der Waals surface area contributed by atoms with Crippen LogP contribution in [0, 0.1) is 0 Å². The van der Waals surface area contributed by atoms with Gasteiger partial charge in [0.05, 0.1) is 31.7 Å². The van der Waals surface area contributed by atoms with Crippen molar-refractivity contribution in [3.8, 4) is 5.88 Å². The minimum atomic E-state index is 0.477. The maximum atomic E-state index is 5.50. The SMILES string of the molecule is CCCOCCOCCOc1ccc(N)cn1. The van der Waals surface area contributed by atoms with Crippen molar-refractivity contribution >= 4 is 5.69 Å². The highest BCUT2D eigenvalue weighted by molar-refractivity contribution is 5.35. The van der Waals surface area contributed by atoms with Gasteiger partial charge in [0.1, 0.15) is 6.61 Å². The second-order valence-corrected chi connectivity index (χ2v) is 3.50. The predicted octanol–water partition coefficient (Wildman–Crippen LogP) is 1.49. The van der Waals surface area contributed by atoms with Crippen LogP contribution in [0.4, 0.5) is 5.69 Å². The number of nitrogens with two attached hydrogens (primary N) is 1. The molecule has 0 unspecified atom stereocenters. The van der Waals surface area contributed by atoms with Gasteiger partial charge in [-0.1, -0.05) is 6.92 Å². The monoisotopic (exact) mass is 240 g/mol. The Morgan fingerprint density at radius 1 is 1.06 bits per heavy atom. The second-order valence-electron chi connectivity index (χ2n) is 3.50. The maximum absolute atomic E-state index is 5.50. The highest BCUT2D eigenvalue weighted by Crippen LogP contribution is 2.07. The molecule has 0 radical (unpaired) electrons. The van der Waals surface area contributed by atoms with Gasteiger partial charge in [0.2, 0.25) is 5.88 Å². The van der Waals surface area contributed by atoms with E-state index in [-0.39, 0.29) is 0 Å². The third-order valence-electron chi connectivity index (χ3n) is 1.96. The molecule has 0 aliphatic carbocycles. The second kappa shape index (κ2) is 8.78. The van der Waals surface area contributed by atoms with Crippen LogP contribution in [-0.4, -0.2) is 38.0 Å². The first-order valence-electron chi connectivity index (χ1n) is 5.82. The zero-order valence-corrected chi connectivity index (χ0v) is 10.2. The van der Waals surface area contributed by atoms with Gasteiger partial charge in [0.25, 0.3) is 0 Å². The lowest BCUT2D eigenvalue weighted by molar-refractivity contribution is 0.0361. The van der Waals surface area contributed by atoms with E-state index in [1.54, 1.807) is 18.3 Å². The maximum Gasteiger partial charge on any atom is 0.213 e. The van der Waals surface area contributed by atoms with Gasteiger partial charge in [-0.2, -0.15) is 0 Å². The number of nitrogens with zero attached hydrogens (tertiary/aromatic N) is 1. The molecule has 0 amide bonds. The van der Waals surface area contributed by atoms with Crippen molar-refractivity contribution in [1.29, 1.82) is 0 Å². The van der Waals surface area contributed by atoms with Gasteiger partial charge in [-0.15, -0.1) is 0 Å². The number of pyridine rings is 1. The van der Waals surface area contributed by atoms with Crippen LogP contribution < -0.4 is 10.5 Å². The van der Waals surface area contributed by atoms with Gasteiger partial charge >= 0.3 is 0 Å². The van der Waals surface area contributed by atoms with E-state index in [9.17, 15) is 0 Å². The largest absolute Gasteiger partial charge is 0.475 e. The summed E-state index contributed by atoms with van der Waals surface area (Å²) in [6, 6.07) is 3.49. The van der Waals surface area contributed by atoms with E-state index >= 15 is 0 Å². The third-order valence-corrected chi connectivity index (χ3v) is 1.96. The van der Waals surface area contributed by atoms with E-state index in [1.165, 1.54) is 0 Å². The summed E-state index contributed by atoms with van der Waals surface area (Å²) in [5.74, 6) is 0.560. The molecule has 96 valence electrons. The van der Waals surface area contributed by atoms with Gasteiger partial charge in [-0.05, 0) is 12.5 Å². The summed E-state index contributed by atoms with van der Waals surface area (Å²) in [6.07, 6.45) is 2.60. The molecule has 5 heteroatoms. The lowest BCUT2D eigenvalue weighted by atomic mass is 10.4. The lowest BCUT2D eigenvalue weighted by Gasteiger charge is -2.06. The summed E-state index contributed by atoms with van der Waals surface area (Å²) >= 11 is 0. The highest BCUT2D eigenvalue weighted by atomic mass is 16.5. The number of anilines is 1. The molecule has 0 fully saturated rings. The summed E-state index contributed by atoms with van der Waals surface area (Å²) in [5, 5.41) is 0. The summed E-state index contributed by atoms with van der Waals surface area (Å²) in [5.41, 5.74) is 6.13. The number of hydrogen-bond acceptors (Lipinski definition) is 5. The normalized spacial score (nSPS) is 10.4. The minimum Gasteiger partial charge on any atom is -0.475 e. The third kappa shape index (κ3) is 6.76. The molecule has 0 saturated heterocycles. The van der Waals surface area contributed by atoms with Gasteiger partial charge < -0.3 is 19.9 Å². The number of nitrogen functional groups attached to an aromatic ring is 1. The van der Waals surface area contributed by atoms with Gasteiger partial charge in [-0.3, -0.25) is 0 Å². The number of hydrogen-bond donors (Lipinski definition) is 1. The fourth-order valence-corrected chi connectivity index (χ4v) is 1.15. The molecular formula is C12H20N2O3. The smallest absolute Gasteiger partial charge is 0.213 e. The molecule has 0 aliphatic rings. The molecule has 1 heterocycles. The minimum absolute atomic E-state index is 0.477. The van der Waals surface area contributed by atoms with Crippen molar-refractivity contribution in [2.45, 2.75) is 13.3 Å². The van der Waals surface area contributed by atoms with E-state index < -0.39 is 0 Å². The van der Waals surface area contributed by atoms with E-state index in [2.05, 4.69) is 11.9 Å². The molecule has 1 rings (SSSR count). The van der Waals surface area contributed by atoms with Crippen LogP contribution in [0.5, 0.6) is 5.88 Å². The summed E-state index contributed by atoms with van der Waals surface area (Å²) < 4.78 is 15.9. The van der Waals surface area contributed by atoms with Gasteiger partial charge in [0.15, 0.2) is 0 Å². The van der Waals surface area contributed by atoms with Crippen LogP contribution in [0.2, 0.25) is 0 Å². The van der Waals surface area contributed by atoms with Crippen LogP contribution in [0.25, 0.3) is 0 Å². The molecule has 0 saturated carbocycles. The van der Waals surface area contributed by atoms with Crippen molar-refractivity contribution in [3.63, 3.8) is 0 Å². The Labute approximate surface area is 102 Å². The zero-order chi connectivity index (χ0) is 12.3. The van der Waals surface area contributed by atoms with E-state index in [1.807, 2.05) is 0 Å². The molecule has 0 bridgehead atoms. The average molecular weight is 240 g/mol. The molecule has 2 N–H and O–H groups in total. The topological polar surface area (TPSA) is 66.6 Å². The first-order valence-corrected chi connectivity index (χ1v) is 5.82. The Hall–Kier alpha value is -1.33. The first-order chi connectivity index (χ1) is 8.33. The van der Waals surface area contributed by atoms with Crippen LogP contribution in [0.15, 0.2) is 18.3 Å². The standard InChI is InChI=1S/C12H20N2O3/c1-2-5-15-6-7-16-8-9-17-12-4-3-11(13)10-14-12/h3-4,10H,2,5-9,13H2,1H3. The Balaban J connectivity index is 1.95. The summed E-state index contributed by atoms with van der Waals surface area (Å²) in [7, 11) is 0. The van der Waals surface area contributed by atoms with Crippen molar-refractivity contribution in [2.24, 2.45) is 0 Å². The molecule has 0 atom stereocenters. The van der Waals surface area contributed by atoms with Crippen molar-refractivity contribution in [2.75, 3.05) is 38.8 Å². The summed E-state index contributed by atoms with van der Waals surface area (Å²) in [4.78, 5) is 4.01. The molecule has 1 aromatic heterocycles. The Bertz CT molecular complexity index is 290. The highest BCUT2D eigenvalue weighted by Gasteiger charge is 1.95. The predicted molar refractivity (Wildman–Crippen MR) is 66.1 cm³/mol. The fraction of sp³-hybridized carbons (Fsp3) is 0.583. The van der Waals surface area contributed by atoms with Gasteiger partial charge in [-0.25, -0.2) is 4.98 Å². The van der Waals surface area contributed by atoms with Crippen molar-refractivity contribution < 1.29 is 14.2 Å². The van der Waals surface area contributed by atoms with Crippen LogP contribution in [-0.2, 0) is 9.47 Å². The average Bonchev–Trinajstić information content (AvgIpc) is 2.35. The van der Waals surface area contributed by atoms with E-state index in [4.69, 9.17) is 19.9 Å². The van der Waals surface area contributed by atoms with Crippen molar-refractivity contribution in [3.05, 3.63) is 18.3 Å². The number of ether oxygens (including phenoxy) is 3. The van der Waals surface area contributed by atoms with Crippen LogP contribution in [0.3, 0.4) is 0 Å². The Kier molecular flexibility index (Phi) is 7.09. The van der Waals surface area contributed by atoms with Gasteiger partial charge in [0, 0.05) is 12.7 Å². The lowest BCUT2D eigenvalue weighted by Crippen LogP contribution is -2.11. The fourth-order valence-electron chi connectivity index (χ4n) is 1.15. The molecule has 1 aromatic rings. The molecule has 0 aliphatic heterocycles. The number of aromatic nitrogens is 1. The summed E-state index contributed by atoms with van der Waals surface area (Å²) in [6.45, 7) is 5.10. The van der Waals surface area contributed by atoms with Crippen molar-refractivity contribution in [1.82, 2.24) is 4.98 Å². The van der Waals surface area contributed by atoms with E-state index in [0.29, 0.717) is 38.0 Å². The Morgan fingerprint density at radius 2 is 1.76 bits per heavy atom. The zero-order valence-electron chi connectivity index (χ0n) is 10.2. The molecule has 17 heavy (non-hydrogen) atoms. The van der Waals surface area contributed by atoms with Crippen LogP contribution >= 0.6 is 0 Å². The first kappa shape index (κ1) is 13.7. The molecule has 0 spiro atoms.